The Morgan fingerprint density at radius 2 is 2.55 bits per heavy atom. The van der Waals surface area contributed by atoms with E-state index in [1.54, 1.807) is 0 Å². The van der Waals surface area contributed by atoms with E-state index >= 15 is 0 Å². The highest BCUT2D eigenvalue weighted by Gasteiger charge is 2.19. The average molecular weight is 158 g/mol. The van der Waals surface area contributed by atoms with Crippen molar-refractivity contribution in [1.82, 2.24) is 10.2 Å². The zero-order valence-corrected chi connectivity index (χ0v) is 6.49. The molecule has 0 amide bonds. The number of hydrogen-bond donors (Lipinski definition) is 2. The largest absolute Gasteiger partial charge is 0.395 e. The van der Waals surface area contributed by atoms with E-state index in [1.165, 1.54) is 0 Å². The quantitative estimate of drug-likeness (QED) is 0.488. The summed E-state index contributed by atoms with van der Waals surface area (Å²) in [5, 5.41) is 11.8. The summed E-state index contributed by atoms with van der Waals surface area (Å²) >= 11 is 0. The summed E-state index contributed by atoms with van der Waals surface area (Å²) in [6.07, 6.45) is 0.932. The Morgan fingerprint density at radius 1 is 1.73 bits per heavy atom. The van der Waals surface area contributed by atoms with Crippen LogP contribution < -0.4 is 5.32 Å². The van der Waals surface area contributed by atoms with Gasteiger partial charge in [0.15, 0.2) is 0 Å². The molecule has 0 aromatic rings. The molecule has 4 nitrogen and oxygen atoms in total. The molecule has 1 saturated heterocycles. The fraction of sp³-hybridized carbons (Fsp3) is 0.857. The lowest BCUT2D eigenvalue weighted by Gasteiger charge is -2.31. The van der Waals surface area contributed by atoms with Crippen LogP contribution in [0.5, 0.6) is 0 Å². The van der Waals surface area contributed by atoms with Gasteiger partial charge >= 0.3 is 0 Å². The van der Waals surface area contributed by atoms with Crippen LogP contribution in [0.4, 0.5) is 0 Å². The molecule has 0 aromatic carbocycles. The zero-order chi connectivity index (χ0) is 8.10. The van der Waals surface area contributed by atoms with E-state index in [-0.39, 0.29) is 12.6 Å². The second-order valence-corrected chi connectivity index (χ2v) is 2.67. The molecule has 1 heterocycles. The number of nitrogens with zero attached hydrogens (tertiary/aromatic N) is 1. The molecule has 0 radical (unpaired) electrons. The van der Waals surface area contributed by atoms with E-state index < -0.39 is 0 Å². The van der Waals surface area contributed by atoms with Crippen LogP contribution in [0.1, 0.15) is 0 Å². The third kappa shape index (κ3) is 2.25. The van der Waals surface area contributed by atoms with Gasteiger partial charge in [-0.2, -0.15) is 0 Å². The minimum absolute atomic E-state index is 0.0455. The van der Waals surface area contributed by atoms with Gasteiger partial charge in [0, 0.05) is 26.2 Å². The first kappa shape index (κ1) is 8.64. The molecule has 11 heavy (non-hydrogen) atoms. The fourth-order valence-electron chi connectivity index (χ4n) is 1.31. The van der Waals surface area contributed by atoms with Gasteiger partial charge < -0.3 is 15.2 Å². The molecule has 0 aromatic heterocycles. The molecule has 0 spiro atoms. The number of hydrogen-bond acceptors (Lipinski definition) is 4. The molecule has 4 heteroatoms. The molecule has 0 aliphatic carbocycles. The Bertz CT molecular complexity index is 128. The first-order valence-corrected chi connectivity index (χ1v) is 3.89. The highest BCUT2D eigenvalue weighted by Crippen LogP contribution is 1.98. The Kier molecular flexibility index (Phi) is 3.48. The van der Waals surface area contributed by atoms with Crippen LogP contribution in [-0.4, -0.2) is 55.1 Å². The number of rotatable bonds is 3. The number of nitrogens with one attached hydrogen (secondary N) is 1. The lowest BCUT2D eigenvalue weighted by Crippen LogP contribution is -2.52. The zero-order valence-electron chi connectivity index (χ0n) is 6.49. The van der Waals surface area contributed by atoms with Crippen LogP contribution in [-0.2, 0) is 4.79 Å². The van der Waals surface area contributed by atoms with Crippen molar-refractivity contribution in [2.75, 3.05) is 32.8 Å². The highest BCUT2D eigenvalue weighted by molar-refractivity contribution is 5.58. The summed E-state index contributed by atoms with van der Waals surface area (Å²) in [4.78, 5) is 12.5. The van der Waals surface area contributed by atoms with Gasteiger partial charge in [0.1, 0.15) is 6.29 Å². The summed E-state index contributed by atoms with van der Waals surface area (Å²) in [5.74, 6) is 0. The van der Waals surface area contributed by atoms with Gasteiger partial charge in [-0.1, -0.05) is 0 Å². The lowest BCUT2D eigenvalue weighted by atomic mass is 10.2. The summed E-state index contributed by atoms with van der Waals surface area (Å²) in [6, 6.07) is -0.0455. The van der Waals surface area contributed by atoms with E-state index in [9.17, 15) is 4.79 Å². The highest BCUT2D eigenvalue weighted by atomic mass is 16.3. The molecule has 0 bridgehead atoms. The van der Waals surface area contributed by atoms with E-state index in [4.69, 9.17) is 5.11 Å². The molecule has 2 N–H and O–H groups in total. The summed E-state index contributed by atoms with van der Waals surface area (Å²) < 4.78 is 0. The van der Waals surface area contributed by atoms with Gasteiger partial charge in [-0.3, -0.25) is 4.90 Å². The molecular weight excluding hydrogens is 144 g/mol. The van der Waals surface area contributed by atoms with Crippen LogP contribution in [0, 0.1) is 0 Å². The molecule has 64 valence electrons. The van der Waals surface area contributed by atoms with E-state index in [0.717, 1.165) is 19.4 Å². The maximum atomic E-state index is 10.5. The normalized spacial score (nSPS) is 26.8. The van der Waals surface area contributed by atoms with Gasteiger partial charge in [0.25, 0.3) is 0 Å². The van der Waals surface area contributed by atoms with Crippen LogP contribution in [0.25, 0.3) is 0 Å². The van der Waals surface area contributed by atoms with Crippen LogP contribution in [0.2, 0.25) is 0 Å². The van der Waals surface area contributed by atoms with Gasteiger partial charge in [-0.15, -0.1) is 0 Å². The number of carbonyl (C=O) groups excluding carboxylic acids is 1. The SMILES string of the molecule is O=CC1CNCCN1CCO. The van der Waals surface area contributed by atoms with Crippen molar-refractivity contribution in [3.05, 3.63) is 0 Å². The van der Waals surface area contributed by atoms with Crippen LogP contribution >= 0.6 is 0 Å². The van der Waals surface area contributed by atoms with Gasteiger partial charge in [-0.25, -0.2) is 0 Å². The molecular formula is C7H14N2O2. The molecule has 1 rings (SSSR count). The molecule has 1 atom stereocenters. The molecule has 0 saturated carbocycles. The minimum Gasteiger partial charge on any atom is -0.395 e. The van der Waals surface area contributed by atoms with E-state index in [1.807, 2.05) is 4.90 Å². The van der Waals surface area contributed by atoms with Crippen molar-refractivity contribution in [2.24, 2.45) is 0 Å². The number of piperazine rings is 1. The predicted molar refractivity (Wildman–Crippen MR) is 41.4 cm³/mol. The number of aliphatic hydroxyl groups excluding tert-OH is 1. The third-order valence-corrected chi connectivity index (χ3v) is 1.94. The minimum atomic E-state index is -0.0455. The van der Waals surface area contributed by atoms with Crippen molar-refractivity contribution in [3.63, 3.8) is 0 Å². The van der Waals surface area contributed by atoms with Gasteiger partial charge in [0.05, 0.1) is 12.6 Å². The molecule has 1 unspecified atom stereocenters. The molecule has 1 aliphatic rings. The standard InChI is InChI=1S/C7H14N2O2/c10-4-3-9-2-1-8-5-7(9)6-11/h6-8,10H,1-5H2. The van der Waals surface area contributed by atoms with Crippen molar-refractivity contribution >= 4 is 6.29 Å². The lowest BCUT2D eigenvalue weighted by molar-refractivity contribution is -0.113. The Balaban J connectivity index is 2.37. The van der Waals surface area contributed by atoms with Gasteiger partial charge in [-0.05, 0) is 0 Å². The third-order valence-electron chi connectivity index (χ3n) is 1.94. The topological polar surface area (TPSA) is 52.6 Å². The smallest absolute Gasteiger partial charge is 0.138 e. The second-order valence-electron chi connectivity index (χ2n) is 2.67. The Labute approximate surface area is 66.2 Å². The van der Waals surface area contributed by atoms with E-state index in [0.29, 0.717) is 13.1 Å². The maximum absolute atomic E-state index is 10.5. The Hall–Kier alpha value is -0.450. The monoisotopic (exact) mass is 158 g/mol. The number of β-amino-alcohol motifs (C(OH)–C–C–N with tert-alkyl or cyclic N) is 1. The fourth-order valence-corrected chi connectivity index (χ4v) is 1.31. The Morgan fingerprint density at radius 3 is 3.18 bits per heavy atom. The van der Waals surface area contributed by atoms with Crippen molar-refractivity contribution in [2.45, 2.75) is 6.04 Å². The van der Waals surface area contributed by atoms with Crippen molar-refractivity contribution < 1.29 is 9.90 Å². The van der Waals surface area contributed by atoms with Crippen LogP contribution in [0.15, 0.2) is 0 Å². The first-order valence-electron chi connectivity index (χ1n) is 3.89. The molecule has 1 fully saturated rings. The summed E-state index contributed by atoms with van der Waals surface area (Å²) in [7, 11) is 0. The van der Waals surface area contributed by atoms with Crippen LogP contribution in [0.3, 0.4) is 0 Å². The molecule has 1 aliphatic heterocycles. The first-order chi connectivity index (χ1) is 5.38. The average Bonchev–Trinajstić information content (AvgIpc) is 2.06. The maximum Gasteiger partial charge on any atom is 0.138 e. The van der Waals surface area contributed by atoms with Gasteiger partial charge in [0.2, 0.25) is 0 Å². The summed E-state index contributed by atoms with van der Waals surface area (Å²) in [6.45, 7) is 3.20. The van der Waals surface area contributed by atoms with E-state index in [2.05, 4.69) is 5.32 Å². The number of aldehydes is 1. The van der Waals surface area contributed by atoms with Crippen molar-refractivity contribution in [1.29, 1.82) is 0 Å². The second kappa shape index (κ2) is 4.43. The number of aliphatic hydroxyl groups is 1. The summed E-state index contributed by atoms with van der Waals surface area (Å²) in [5.41, 5.74) is 0. The predicted octanol–water partition coefficient (Wildman–Crippen LogP) is -1.55. The number of carbonyl (C=O) groups is 1. The van der Waals surface area contributed by atoms with Crippen molar-refractivity contribution in [3.8, 4) is 0 Å².